The van der Waals surface area contributed by atoms with E-state index < -0.39 is 7.26 Å². The lowest BCUT2D eigenvalue weighted by Crippen LogP contribution is -2.32. The molecule has 0 heterocycles. The minimum Gasteiger partial charge on any atom is -0.0620 e. The summed E-state index contributed by atoms with van der Waals surface area (Å²) < 4.78 is 0. The third-order valence-electron chi connectivity index (χ3n) is 5.60. The fourth-order valence-corrected chi connectivity index (χ4v) is 8.37. The molecule has 0 atom stereocenters. The Balaban J connectivity index is 1.75. The second-order valence-corrected chi connectivity index (χ2v) is 10.8. The Morgan fingerprint density at radius 3 is 1.32 bits per heavy atom. The number of hydrogen-bond acceptors (Lipinski definition) is 0. The summed E-state index contributed by atoms with van der Waals surface area (Å²) in [4.78, 5) is 0. The third-order valence-corrected chi connectivity index (χ3v) is 9.98. The Morgan fingerprint density at radius 1 is 0.464 bits per heavy atom. The molecule has 1 aliphatic rings. The van der Waals surface area contributed by atoms with Gasteiger partial charge < -0.3 is 0 Å². The minimum atomic E-state index is -1.81. The van der Waals surface area contributed by atoms with E-state index in [1.54, 1.807) is 0 Å². The molecule has 0 aliphatic heterocycles. The third kappa shape index (κ3) is 2.91. The molecule has 134 valence electrons. The van der Waals surface area contributed by atoms with E-state index in [0.29, 0.717) is 0 Å². The van der Waals surface area contributed by atoms with E-state index in [9.17, 15) is 0 Å². The van der Waals surface area contributed by atoms with E-state index in [4.69, 9.17) is 0 Å². The topological polar surface area (TPSA) is 0 Å². The lowest BCUT2D eigenvalue weighted by Gasteiger charge is -2.28. The van der Waals surface area contributed by atoms with E-state index in [0.717, 1.165) is 6.16 Å². The van der Waals surface area contributed by atoms with Gasteiger partial charge >= 0.3 is 0 Å². The first kappa shape index (κ1) is 17.2. The summed E-state index contributed by atoms with van der Waals surface area (Å²) in [5.74, 6) is 0. The molecule has 0 nitrogen and oxygen atoms in total. The quantitative estimate of drug-likeness (QED) is 0.347. The molecule has 0 unspecified atom stereocenters. The highest BCUT2D eigenvalue weighted by Gasteiger charge is 2.45. The average molecular weight is 377 g/mol. The molecule has 5 rings (SSSR count). The summed E-state index contributed by atoms with van der Waals surface area (Å²) in [6.07, 6.45) is 5.44. The molecule has 0 N–H and O–H groups in total. The predicted molar refractivity (Wildman–Crippen MR) is 124 cm³/mol. The van der Waals surface area contributed by atoms with Gasteiger partial charge in [-0.1, -0.05) is 78.9 Å². The van der Waals surface area contributed by atoms with Crippen molar-refractivity contribution in [3.8, 4) is 0 Å². The number of hydrogen-bond donors (Lipinski definition) is 0. The van der Waals surface area contributed by atoms with Crippen molar-refractivity contribution in [1.82, 2.24) is 0 Å². The van der Waals surface area contributed by atoms with Gasteiger partial charge in [0, 0.05) is 0 Å². The molecule has 1 aliphatic carbocycles. The van der Waals surface area contributed by atoms with Gasteiger partial charge in [0.1, 0.15) is 23.2 Å². The van der Waals surface area contributed by atoms with Crippen molar-refractivity contribution >= 4 is 35.3 Å². The molecule has 0 bridgehead atoms. The van der Waals surface area contributed by atoms with Gasteiger partial charge in [0.2, 0.25) is 0 Å². The van der Waals surface area contributed by atoms with Crippen LogP contribution in [0.4, 0.5) is 0 Å². The average Bonchev–Trinajstić information content (AvgIpc) is 2.76. The Bertz CT molecular complexity index is 1020. The van der Waals surface area contributed by atoms with Crippen LogP contribution in [0.1, 0.15) is 16.7 Å². The highest BCUT2D eigenvalue weighted by atomic mass is 31.2. The molecule has 0 fully saturated rings. The second-order valence-electron chi connectivity index (χ2n) is 7.27. The highest BCUT2D eigenvalue weighted by molar-refractivity contribution is 7.95. The van der Waals surface area contributed by atoms with Gasteiger partial charge in [0.05, 0.1) is 6.16 Å². The summed E-state index contributed by atoms with van der Waals surface area (Å²) >= 11 is 0. The molecule has 0 spiro atoms. The van der Waals surface area contributed by atoms with Crippen LogP contribution in [0.5, 0.6) is 0 Å². The van der Waals surface area contributed by atoms with Crippen LogP contribution in [0.3, 0.4) is 0 Å². The Kier molecular flexibility index (Phi) is 4.43. The molecule has 28 heavy (non-hydrogen) atoms. The maximum atomic E-state index is 2.37. The summed E-state index contributed by atoms with van der Waals surface area (Å²) in [7, 11) is -1.81. The molecular formula is C27H22P+. The van der Waals surface area contributed by atoms with E-state index in [2.05, 4.69) is 121 Å². The number of rotatable bonds is 5. The van der Waals surface area contributed by atoms with Crippen LogP contribution in [-0.4, -0.2) is 0 Å². The van der Waals surface area contributed by atoms with Gasteiger partial charge in [0.25, 0.3) is 0 Å². The Morgan fingerprint density at radius 2 is 0.929 bits per heavy atom. The molecule has 0 saturated heterocycles. The van der Waals surface area contributed by atoms with Gasteiger partial charge in [-0.05, 0) is 59.2 Å². The first-order valence-corrected chi connectivity index (χ1v) is 11.7. The van der Waals surface area contributed by atoms with Crippen molar-refractivity contribution in [2.45, 2.75) is 6.16 Å². The summed E-state index contributed by atoms with van der Waals surface area (Å²) in [5.41, 5.74) is 4.13. The van der Waals surface area contributed by atoms with Crippen molar-refractivity contribution in [2.24, 2.45) is 0 Å². The van der Waals surface area contributed by atoms with Gasteiger partial charge in [-0.3, -0.25) is 0 Å². The molecule has 0 radical (unpaired) electrons. The van der Waals surface area contributed by atoms with E-state index in [1.807, 2.05) is 0 Å². The zero-order valence-corrected chi connectivity index (χ0v) is 16.6. The van der Waals surface area contributed by atoms with Crippen LogP contribution in [0.25, 0.3) is 12.2 Å². The van der Waals surface area contributed by atoms with Crippen LogP contribution in [0, 0.1) is 0 Å². The molecule has 1 heteroatoms. The van der Waals surface area contributed by atoms with Crippen LogP contribution >= 0.6 is 7.26 Å². The maximum absolute atomic E-state index is 2.37. The monoisotopic (exact) mass is 377 g/mol. The molecule has 0 saturated carbocycles. The first-order chi connectivity index (χ1) is 13.9. The minimum absolute atomic E-state index is 1.03. The maximum Gasteiger partial charge on any atom is 0.116 e. The number of benzene rings is 4. The fourth-order valence-electron chi connectivity index (χ4n) is 4.14. The Hall–Kier alpha value is -2.95. The zero-order chi connectivity index (χ0) is 18.8. The largest absolute Gasteiger partial charge is 0.116 e. The Labute approximate surface area is 167 Å². The van der Waals surface area contributed by atoms with Crippen molar-refractivity contribution in [3.63, 3.8) is 0 Å². The summed E-state index contributed by atoms with van der Waals surface area (Å²) in [5, 5.41) is 4.31. The van der Waals surface area contributed by atoms with E-state index in [-0.39, 0.29) is 0 Å². The van der Waals surface area contributed by atoms with E-state index >= 15 is 0 Å². The lowest BCUT2D eigenvalue weighted by atomic mass is 9.96. The van der Waals surface area contributed by atoms with Gasteiger partial charge in [-0.2, -0.15) is 0 Å². The highest BCUT2D eigenvalue weighted by Crippen LogP contribution is 2.58. The van der Waals surface area contributed by atoms with E-state index in [1.165, 1.54) is 32.6 Å². The fraction of sp³-hybridized carbons (Fsp3) is 0.0370. The first-order valence-electron chi connectivity index (χ1n) is 9.72. The number of fused-ring (bicyclic) bond motifs is 1. The predicted octanol–water partition coefficient (Wildman–Crippen LogP) is 5.66. The van der Waals surface area contributed by atoms with Crippen molar-refractivity contribution in [2.75, 3.05) is 0 Å². The standard InChI is InChI=1S/C27H22P/c1-4-10-25(11-5-1)28(26-12-6-2-7-13-26,27-14-8-3-9-15-27)21-22-16-17-23-18-19-24(23)20-22/h1-20H,21H2/q+1. The van der Waals surface area contributed by atoms with Crippen LogP contribution in [0.2, 0.25) is 0 Å². The SMILES string of the molecule is C1=Cc2cc(C[P+](c3ccccc3)(c3ccccc3)c3ccccc3)ccc21. The van der Waals surface area contributed by atoms with Gasteiger partial charge in [-0.25, -0.2) is 0 Å². The molecule has 4 aromatic rings. The normalized spacial score (nSPS) is 12.3. The van der Waals surface area contributed by atoms with Crippen molar-refractivity contribution in [1.29, 1.82) is 0 Å². The van der Waals surface area contributed by atoms with Gasteiger partial charge in [0.15, 0.2) is 0 Å². The van der Waals surface area contributed by atoms with Crippen LogP contribution in [-0.2, 0) is 6.16 Å². The summed E-state index contributed by atoms with van der Waals surface area (Å²) in [6.45, 7) is 0. The molecule has 4 aromatic carbocycles. The zero-order valence-electron chi connectivity index (χ0n) is 15.7. The smallest absolute Gasteiger partial charge is 0.0620 e. The molecular weight excluding hydrogens is 355 g/mol. The second kappa shape index (κ2) is 7.23. The molecule has 0 amide bonds. The van der Waals surface area contributed by atoms with Gasteiger partial charge in [-0.15, -0.1) is 0 Å². The van der Waals surface area contributed by atoms with Crippen molar-refractivity contribution < 1.29 is 0 Å². The molecule has 0 aromatic heterocycles. The van der Waals surface area contributed by atoms with Crippen molar-refractivity contribution in [3.05, 3.63) is 126 Å². The summed E-state index contributed by atoms with van der Waals surface area (Å²) in [6, 6.07) is 40.2. The van der Waals surface area contributed by atoms with Crippen LogP contribution < -0.4 is 15.9 Å². The van der Waals surface area contributed by atoms with Crippen LogP contribution in [0.15, 0.2) is 109 Å². The lowest BCUT2D eigenvalue weighted by molar-refractivity contribution is 1.37.